The molecule has 3 unspecified atom stereocenters. The maximum atomic E-state index is 6.46. The second kappa shape index (κ2) is 7.47. The van der Waals surface area contributed by atoms with E-state index in [0.717, 1.165) is 35.9 Å². The fourth-order valence-electron chi connectivity index (χ4n) is 3.60. The van der Waals surface area contributed by atoms with E-state index >= 15 is 0 Å². The average Bonchev–Trinajstić information content (AvgIpc) is 2.45. The molecular formula is C18H28ClN. The lowest BCUT2D eigenvalue weighted by atomic mass is 9.68. The molecule has 3 atom stereocenters. The summed E-state index contributed by atoms with van der Waals surface area (Å²) in [7, 11) is 0. The Morgan fingerprint density at radius 1 is 1.25 bits per heavy atom. The molecule has 20 heavy (non-hydrogen) atoms. The Labute approximate surface area is 129 Å². The van der Waals surface area contributed by atoms with Gasteiger partial charge in [-0.25, -0.2) is 0 Å². The summed E-state index contributed by atoms with van der Waals surface area (Å²) in [6, 6.07) is 8.44. The molecule has 0 bridgehead atoms. The lowest BCUT2D eigenvalue weighted by molar-refractivity contribution is 0.191. The van der Waals surface area contributed by atoms with Gasteiger partial charge < -0.3 is 5.32 Å². The van der Waals surface area contributed by atoms with E-state index in [1.165, 1.54) is 24.8 Å². The summed E-state index contributed by atoms with van der Waals surface area (Å²) in [4.78, 5) is 0. The van der Waals surface area contributed by atoms with Crippen molar-refractivity contribution in [1.29, 1.82) is 0 Å². The molecule has 0 spiro atoms. The van der Waals surface area contributed by atoms with Crippen molar-refractivity contribution in [3.8, 4) is 0 Å². The Balaban J connectivity index is 2.19. The van der Waals surface area contributed by atoms with Crippen LogP contribution in [0.5, 0.6) is 0 Å². The van der Waals surface area contributed by atoms with Gasteiger partial charge in [0.2, 0.25) is 0 Å². The Hall–Kier alpha value is -0.530. The number of nitrogens with one attached hydrogen (secondary N) is 1. The zero-order valence-corrected chi connectivity index (χ0v) is 13.8. The van der Waals surface area contributed by atoms with Crippen LogP contribution in [0.15, 0.2) is 24.3 Å². The van der Waals surface area contributed by atoms with E-state index in [9.17, 15) is 0 Å². The number of halogens is 1. The first-order valence-electron chi connectivity index (χ1n) is 8.08. The third kappa shape index (κ3) is 3.77. The fraction of sp³-hybridized carbons (Fsp3) is 0.667. The molecule has 1 nitrogen and oxygen atoms in total. The van der Waals surface area contributed by atoms with Crippen molar-refractivity contribution in [2.45, 2.75) is 46.0 Å². The molecule has 1 fully saturated rings. The molecule has 0 saturated heterocycles. The summed E-state index contributed by atoms with van der Waals surface area (Å²) < 4.78 is 0. The highest BCUT2D eigenvalue weighted by Gasteiger charge is 2.33. The van der Waals surface area contributed by atoms with E-state index in [1.807, 2.05) is 12.1 Å². The monoisotopic (exact) mass is 293 g/mol. The van der Waals surface area contributed by atoms with Crippen LogP contribution in [0.2, 0.25) is 5.02 Å². The molecular weight excluding hydrogens is 266 g/mol. The fourth-order valence-corrected chi connectivity index (χ4v) is 3.88. The van der Waals surface area contributed by atoms with Gasteiger partial charge in [0.15, 0.2) is 0 Å². The van der Waals surface area contributed by atoms with Crippen LogP contribution in [-0.4, -0.2) is 13.1 Å². The van der Waals surface area contributed by atoms with Gasteiger partial charge in [-0.05, 0) is 67.7 Å². The highest BCUT2D eigenvalue weighted by atomic mass is 35.5. The number of hydrogen-bond acceptors (Lipinski definition) is 1. The Bertz CT molecular complexity index is 416. The van der Waals surface area contributed by atoms with E-state index < -0.39 is 0 Å². The van der Waals surface area contributed by atoms with E-state index in [-0.39, 0.29) is 0 Å². The molecule has 0 aliphatic heterocycles. The van der Waals surface area contributed by atoms with Gasteiger partial charge in [0.25, 0.3) is 0 Å². The number of hydrogen-bond donors (Lipinski definition) is 1. The van der Waals surface area contributed by atoms with Gasteiger partial charge in [-0.2, -0.15) is 0 Å². The van der Waals surface area contributed by atoms with Crippen LogP contribution < -0.4 is 5.32 Å². The predicted molar refractivity (Wildman–Crippen MR) is 88.4 cm³/mol. The van der Waals surface area contributed by atoms with E-state index in [4.69, 9.17) is 11.6 Å². The van der Waals surface area contributed by atoms with Crippen molar-refractivity contribution in [3.63, 3.8) is 0 Å². The van der Waals surface area contributed by atoms with Gasteiger partial charge in [-0.3, -0.25) is 0 Å². The Morgan fingerprint density at radius 2 is 2.00 bits per heavy atom. The lowest BCUT2D eigenvalue weighted by Gasteiger charge is -2.38. The molecule has 1 aliphatic rings. The second-order valence-corrected chi connectivity index (χ2v) is 6.92. The quantitative estimate of drug-likeness (QED) is 0.796. The van der Waals surface area contributed by atoms with Crippen LogP contribution in [0, 0.1) is 17.8 Å². The second-order valence-electron chi connectivity index (χ2n) is 6.51. The van der Waals surface area contributed by atoms with E-state index in [2.05, 4.69) is 38.2 Å². The average molecular weight is 294 g/mol. The molecule has 1 aliphatic carbocycles. The first kappa shape index (κ1) is 15.9. The third-order valence-electron chi connectivity index (χ3n) is 4.94. The normalized spacial score (nSPS) is 26.9. The summed E-state index contributed by atoms with van der Waals surface area (Å²) in [5.41, 5.74) is 1.36. The van der Waals surface area contributed by atoms with Crippen molar-refractivity contribution >= 4 is 11.6 Å². The summed E-state index contributed by atoms with van der Waals surface area (Å²) in [6.07, 6.45) is 3.98. The molecule has 1 saturated carbocycles. The van der Waals surface area contributed by atoms with Crippen molar-refractivity contribution in [2.24, 2.45) is 17.8 Å². The van der Waals surface area contributed by atoms with E-state index in [0.29, 0.717) is 5.92 Å². The van der Waals surface area contributed by atoms with Crippen LogP contribution in [0.3, 0.4) is 0 Å². The zero-order chi connectivity index (χ0) is 14.5. The van der Waals surface area contributed by atoms with Crippen LogP contribution >= 0.6 is 11.6 Å². The molecule has 1 aromatic carbocycles. The van der Waals surface area contributed by atoms with Gasteiger partial charge >= 0.3 is 0 Å². The minimum atomic E-state index is 0.615. The molecule has 2 rings (SSSR count). The zero-order valence-electron chi connectivity index (χ0n) is 13.0. The Morgan fingerprint density at radius 3 is 2.65 bits per heavy atom. The summed E-state index contributed by atoms with van der Waals surface area (Å²) in [5.74, 6) is 2.96. The highest BCUT2D eigenvalue weighted by molar-refractivity contribution is 6.31. The van der Waals surface area contributed by atoms with Gasteiger partial charge in [-0.15, -0.1) is 0 Å². The van der Waals surface area contributed by atoms with Gasteiger partial charge in [0, 0.05) is 5.02 Å². The smallest absolute Gasteiger partial charge is 0.0440 e. The highest BCUT2D eigenvalue weighted by Crippen LogP contribution is 2.44. The van der Waals surface area contributed by atoms with Crippen LogP contribution in [-0.2, 0) is 0 Å². The topological polar surface area (TPSA) is 12.0 Å². The largest absolute Gasteiger partial charge is 0.317 e. The van der Waals surface area contributed by atoms with Crippen molar-refractivity contribution in [2.75, 3.05) is 13.1 Å². The van der Waals surface area contributed by atoms with Gasteiger partial charge in [0.1, 0.15) is 0 Å². The first-order valence-corrected chi connectivity index (χ1v) is 8.46. The van der Waals surface area contributed by atoms with Crippen molar-refractivity contribution in [3.05, 3.63) is 34.9 Å². The maximum absolute atomic E-state index is 6.46. The standard InChI is InChI=1S/C18H28ClN/c1-4-20-12-15-10-9-14(13(2)3)11-17(15)16-7-5-6-8-18(16)19/h5-8,13-15,17,20H,4,9-12H2,1-3H3. The first-order chi connectivity index (χ1) is 9.63. The van der Waals surface area contributed by atoms with Gasteiger partial charge in [0.05, 0.1) is 0 Å². The number of rotatable bonds is 5. The van der Waals surface area contributed by atoms with Crippen LogP contribution in [0.25, 0.3) is 0 Å². The van der Waals surface area contributed by atoms with Crippen molar-refractivity contribution < 1.29 is 0 Å². The van der Waals surface area contributed by atoms with Crippen molar-refractivity contribution in [1.82, 2.24) is 5.32 Å². The van der Waals surface area contributed by atoms with Crippen LogP contribution in [0.1, 0.15) is 51.5 Å². The molecule has 2 heteroatoms. The summed E-state index contributed by atoms with van der Waals surface area (Å²) in [6.45, 7) is 9.08. The molecule has 0 radical (unpaired) electrons. The molecule has 1 aromatic rings. The summed E-state index contributed by atoms with van der Waals surface area (Å²) in [5, 5.41) is 4.49. The minimum Gasteiger partial charge on any atom is -0.317 e. The maximum Gasteiger partial charge on any atom is 0.0440 e. The SMILES string of the molecule is CCNCC1CCC(C(C)C)CC1c1ccccc1Cl. The van der Waals surface area contributed by atoms with Gasteiger partial charge in [-0.1, -0.05) is 50.6 Å². The predicted octanol–water partition coefficient (Wildman–Crippen LogP) is 5.11. The molecule has 0 amide bonds. The summed E-state index contributed by atoms with van der Waals surface area (Å²) >= 11 is 6.46. The molecule has 0 heterocycles. The molecule has 0 aromatic heterocycles. The molecule has 112 valence electrons. The molecule has 1 N–H and O–H groups in total. The number of benzene rings is 1. The third-order valence-corrected chi connectivity index (χ3v) is 5.28. The van der Waals surface area contributed by atoms with E-state index in [1.54, 1.807) is 0 Å². The Kier molecular flexibility index (Phi) is 5.92. The lowest BCUT2D eigenvalue weighted by Crippen LogP contribution is -2.33. The minimum absolute atomic E-state index is 0.615. The van der Waals surface area contributed by atoms with Crippen LogP contribution in [0.4, 0.5) is 0 Å².